The number of benzene rings is 1. The maximum Gasteiger partial charge on any atom is 0.123 e. The van der Waals surface area contributed by atoms with Gasteiger partial charge in [-0.2, -0.15) is 0 Å². The van der Waals surface area contributed by atoms with Crippen LogP contribution in [0, 0.1) is 11.7 Å². The smallest absolute Gasteiger partial charge is 0.123 e. The Morgan fingerprint density at radius 3 is 2.76 bits per heavy atom. The van der Waals surface area contributed by atoms with Gasteiger partial charge in [-0.15, -0.1) is 0 Å². The van der Waals surface area contributed by atoms with Crippen LogP contribution in [0.3, 0.4) is 0 Å². The second-order valence-electron chi connectivity index (χ2n) is 6.46. The fourth-order valence-electron chi connectivity index (χ4n) is 3.52. The highest BCUT2D eigenvalue weighted by molar-refractivity contribution is 5.21. The van der Waals surface area contributed by atoms with E-state index in [9.17, 15) is 4.39 Å². The topological polar surface area (TPSA) is 30.5 Å². The Balaban J connectivity index is 1.62. The number of halogens is 1. The third-order valence-electron chi connectivity index (χ3n) is 4.83. The standard InChI is InChI=1S/C16H25FN4/c1-20-8-7-15(11-20)21(2)10-13-9-18-19-16(13)12-3-5-14(17)6-4-12/h3-6,13,15-16,18-19H,7-11H2,1-2H3. The van der Waals surface area contributed by atoms with Crippen molar-refractivity contribution in [3.05, 3.63) is 35.6 Å². The summed E-state index contributed by atoms with van der Waals surface area (Å²) in [5, 5.41) is 0. The highest BCUT2D eigenvalue weighted by Gasteiger charge is 2.32. The van der Waals surface area contributed by atoms with Crippen LogP contribution in [0.15, 0.2) is 24.3 Å². The number of hydrogen-bond acceptors (Lipinski definition) is 4. The first-order chi connectivity index (χ1) is 10.1. The summed E-state index contributed by atoms with van der Waals surface area (Å²) in [6, 6.07) is 7.77. The number of likely N-dealkylation sites (N-methyl/N-ethyl adjacent to an activating group) is 2. The van der Waals surface area contributed by atoms with Crippen LogP contribution in [0.25, 0.3) is 0 Å². The van der Waals surface area contributed by atoms with E-state index >= 15 is 0 Å². The van der Waals surface area contributed by atoms with E-state index in [0.29, 0.717) is 12.0 Å². The largest absolute Gasteiger partial charge is 0.305 e. The van der Waals surface area contributed by atoms with Gasteiger partial charge in [-0.3, -0.25) is 5.43 Å². The summed E-state index contributed by atoms with van der Waals surface area (Å²) in [6.07, 6.45) is 1.25. The molecule has 2 heterocycles. The van der Waals surface area contributed by atoms with Crippen molar-refractivity contribution in [2.45, 2.75) is 18.5 Å². The van der Waals surface area contributed by atoms with E-state index in [-0.39, 0.29) is 11.9 Å². The van der Waals surface area contributed by atoms with Gasteiger partial charge in [0.1, 0.15) is 5.82 Å². The lowest BCUT2D eigenvalue weighted by atomic mass is 9.94. The Bertz CT molecular complexity index is 464. The first-order valence-corrected chi connectivity index (χ1v) is 7.76. The Hall–Kier alpha value is -1.01. The third-order valence-corrected chi connectivity index (χ3v) is 4.83. The van der Waals surface area contributed by atoms with Crippen molar-refractivity contribution in [2.75, 3.05) is 40.3 Å². The minimum absolute atomic E-state index is 0.174. The first-order valence-electron chi connectivity index (χ1n) is 7.76. The molecule has 0 aliphatic carbocycles. The number of likely N-dealkylation sites (tertiary alicyclic amines) is 1. The van der Waals surface area contributed by atoms with Crippen molar-refractivity contribution in [1.29, 1.82) is 0 Å². The van der Waals surface area contributed by atoms with Crippen LogP contribution in [0.2, 0.25) is 0 Å². The molecule has 1 aromatic rings. The van der Waals surface area contributed by atoms with Crippen molar-refractivity contribution < 1.29 is 4.39 Å². The lowest BCUT2D eigenvalue weighted by molar-refractivity contribution is 0.203. The maximum absolute atomic E-state index is 13.1. The molecule has 0 radical (unpaired) electrons. The Kier molecular flexibility index (Phi) is 4.54. The predicted molar refractivity (Wildman–Crippen MR) is 82.3 cm³/mol. The monoisotopic (exact) mass is 292 g/mol. The Labute approximate surface area is 126 Å². The van der Waals surface area contributed by atoms with Gasteiger partial charge in [-0.05, 0) is 44.8 Å². The van der Waals surface area contributed by atoms with Gasteiger partial charge in [0.25, 0.3) is 0 Å². The van der Waals surface area contributed by atoms with Crippen molar-refractivity contribution in [1.82, 2.24) is 20.7 Å². The zero-order chi connectivity index (χ0) is 14.8. The van der Waals surface area contributed by atoms with Crippen LogP contribution < -0.4 is 10.9 Å². The molecule has 0 spiro atoms. The number of hydrazine groups is 1. The molecule has 4 nitrogen and oxygen atoms in total. The zero-order valence-corrected chi connectivity index (χ0v) is 12.8. The van der Waals surface area contributed by atoms with Gasteiger partial charge in [-0.1, -0.05) is 12.1 Å². The SMILES string of the molecule is CN1CCC(N(C)CC2CNNC2c2ccc(F)cc2)C1. The normalized spacial score (nSPS) is 30.4. The van der Waals surface area contributed by atoms with Crippen LogP contribution in [0.1, 0.15) is 18.0 Å². The fourth-order valence-corrected chi connectivity index (χ4v) is 3.52. The molecule has 2 saturated heterocycles. The molecule has 2 aliphatic heterocycles. The lowest BCUT2D eigenvalue weighted by Gasteiger charge is -2.29. The maximum atomic E-state index is 13.1. The van der Waals surface area contributed by atoms with E-state index in [4.69, 9.17) is 0 Å². The summed E-state index contributed by atoms with van der Waals surface area (Å²) in [4.78, 5) is 4.88. The van der Waals surface area contributed by atoms with Crippen LogP contribution in [-0.2, 0) is 0 Å². The lowest BCUT2D eigenvalue weighted by Crippen LogP contribution is -2.39. The molecule has 0 aromatic heterocycles. The highest BCUT2D eigenvalue weighted by Crippen LogP contribution is 2.26. The summed E-state index contributed by atoms with van der Waals surface area (Å²) in [5.74, 6) is 0.332. The first kappa shape index (κ1) is 14.9. The summed E-state index contributed by atoms with van der Waals surface area (Å²) >= 11 is 0. The van der Waals surface area contributed by atoms with Crippen LogP contribution in [0.5, 0.6) is 0 Å². The van der Waals surface area contributed by atoms with Crippen molar-refractivity contribution >= 4 is 0 Å². The molecular formula is C16H25FN4. The number of nitrogens with one attached hydrogen (secondary N) is 2. The quantitative estimate of drug-likeness (QED) is 0.874. The number of rotatable bonds is 4. The van der Waals surface area contributed by atoms with Gasteiger partial charge in [0.2, 0.25) is 0 Å². The Morgan fingerprint density at radius 2 is 2.10 bits per heavy atom. The third kappa shape index (κ3) is 3.43. The van der Waals surface area contributed by atoms with Gasteiger partial charge < -0.3 is 9.80 Å². The molecule has 0 amide bonds. The van der Waals surface area contributed by atoms with Gasteiger partial charge in [0, 0.05) is 31.6 Å². The van der Waals surface area contributed by atoms with Gasteiger partial charge in [0.05, 0.1) is 6.04 Å². The van der Waals surface area contributed by atoms with Crippen LogP contribution in [0.4, 0.5) is 4.39 Å². The minimum atomic E-state index is -0.174. The fraction of sp³-hybridized carbons (Fsp3) is 0.625. The van der Waals surface area contributed by atoms with E-state index < -0.39 is 0 Å². The molecule has 116 valence electrons. The van der Waals surface area contributed by atoms with E-state index in [2.05, 4.69) is 34.7 Å². The molecule has 1 aromatic carbocycles. The van der Waals surface area contributed by atoms with Gasteiger partial charge >= 0.3 is 0 Å². The molecule has 2 N–H and O–H groups in total. The van der Waals surface area contributed by atoms with E-state index in [1.165, 1.54) is 13.0 Å². The molecule has 0 bridgehead atoms. The van der Waals surface area contributed by atoms with E-state index in [1.54, 1.807) is 12.1 Å². The minimum Gasteiger partial charge on any atom is -0.305 e. The summed E-state index contributed by atoms with van der Waals surface area (Å²) in [6.45, 7) is 4.36. The summed E-state index contributed by atoms with van der Waals surface area (Å²) in [7, 11) is 4.41. The average Bonchev–Trinajstić information content (AvgIpc) is 3.09. The molecule has 21 heavy (non-hydrogen) atoms. The molecule has 2 fully saturated rings. The van der Waals surface area contributed by atoms with Crippen molar-refractivity contribution in [3.63, 3.8) is 0 Å². The Morgan fingerprint density at radius 1 is 1.33 bits per heavy atom. The average molecular weight is 292 g/mol. The van der Waals surface area contributed by atoms with Gasteiger partial charge in [0.15, 0.2) is 0 Å². The summed E-state index contributed by atoms with van der Waals surface area (Å²) < 4.78 is 13.1. The predicted octanol–water partition coefficient (Wildman–Crippen LogP) is 1.23. The van der Waals surface area contributed by atoms with Crippen LogP contribution >= 0.6 is 0 Å². The molecular weight excluding hydrogens is 267 g/mol. The van der Waals surface area contributed by atoms with Crippen molar-refractivity contribution in [3.8, 4) is 0 Å². The van der Waals surface area contributed by atoms with Gasteiger partial charge in [-0.25, -0.2) is 9.82 Å². The molecule has 3 rings (SSSR count). The highest BCUT2D eigenvalue weighted by atomic mass is 19.1. The second-order valence-corrected chi connectivity index (χ2v) is 6.46. The zero-order valence-electron chi connectivity index (χ0n) is 12.8. The number of hydrogen-bond donors (Lipinski definition) is 2. The van der Waals surface area contributed by atoms with Crippen LogP contribution in [-0.4, -0.2) is 56.1 Å². The van der Waals surface area contributed by atoms with E-state index in [0.717, 1.165) is 25.2 Å². The second kappa shape index (κ2) is 6.40. The van der Waals surface area contributed by atoms with Crippen molar-refractivity contribution in [2.24, 2.45) is 5.92 Å². The molecule has 3 atom stereocenters. The molecule has 0 saturated carbocycles. The molecule has 5 heteroatoms. The molecule has 3 unspecified atom stereocenters. The number of nitrogens with zero attached hydrogens (tertiary/aromatic N) is 2. The van der Waals surface area contributed by atoms with E-state index in [1.807, 2.05) is 12.1 Å². The molecule has 2 aliphatic rings. The summed E-state index contributed by atoms with van der Waals surface area (Å²) in [5.41, 5.74) is 7.75.